The standard InChI is InChI=1S/C12H17ClOS/c1-2-3-6-11(14)9-15-12-7-4-5-10(13)8-12/h4-5,7-8,11,14H,2-3,6,9H2,1H3. The van der Waals surface area contributed by atoms with E-state index in [0.29, 0.717) is 0 Å². The van der Waals surface area contributed by atoms with Crippen LogP contribution in [0.1, 0.15) is 26.2 Å². The number of hydrogen-bond acceptors (Lipinski definition) is 2. The van der Waals surface area contributed by atoms with Crippen molar-refractivity contribution in [3.8, 4) is 0 Å². The van der Waals surface area contributed by atoms with Gasteiger partial charge in [-0.1, -0.05) is 37.4 Å². The molecular weight excluding hydrogens is 228 g/mol. The van der Waals surface area contributed by atoms with E-state index in [2.05, 4.69) is 6.92 Å². The molecule has 0 amide bonds. The molecule has 0 spiro atoms. The number of aliphatic hydroxyl groups is 1. The molecule has 0 radical (unpaired) electrons. The van der Waals surface area contributed by atoms with Crippen LogP contribution in [0.3, 0.4) is 0 Å². The molecule has 0 fully saturated rings. The summed E-state index contributed by atoms with van der Waals surface area (Å²) in [5.74, 6) is 0.750. The van der Waals surface area contributed by atoms with Crippen LogP contribution in [-0.2, 0) is 0 Å². The maximum atomic E-state index is 9.66. The van der Waals surface area contributed by atoms with Crippen molar-refractivity contribution in [1.82, 2.24) is 0 Å². The summed E-state index contributed by atoms with van der Waals surface area (Å²) in [4.78, 5) is 1.12. The van der Waals surface area contributed by atoms with Crippen LogP contribution in [0.2, 0.25) is 5.02 Å². The van der Waals surface area contributed by atoms with Gasteiger partial charge in [-0.3, -0.25) is 0 Å². The van der Waals surface area contributed by atoms with Crippen molar-refractivity contribution in [3.63, 3.8) is 0 Å². The van der Waals surface area contributed by atoms with Crippen LogP contribution in [0, 0.1) is 0 Å². The lowest BCUT2D eigenvalue weighted by atomic mass is 10.2. The van der Waals surface area contributed by atoms with Crippen LogP contribution in [0.4, 0.5) is 0 Å². The molecule has 1 N–H and O–H groups in total. The van der Waals surface area contributed by atoms with Gasteiger partial charge in [-0.2, -0.15) is 0 Å². The predicted molar refractivity (Wildman–Crippen MR) is 67.7 cm³/mol. The molecule has 84 valence electrons. The Kier molecular flexibility index (Phi) is 6.15. The summed E-state index contributed by atoms with van der Waals surface area (Å²) >= 11 is 7.53. The van der Waals surface area contributed by atoms with E-state index in [9.17, 15) is 5.11 Å². The van der Waals surface area contributed by atoms with Gasteiger partial charge in [0.05, 0.1) is 6.10 Å². The Morgan fingerprint density at radius 1 is 1.47 bits per heavy atom. The van der Waals surface area contributed by atoms with Crippen molar-refractivity contribution in [2.75, 3.05) is 5.75 Å². The molecule has 0 aliphatic heterocycles. The van der Waals surface area contributed by atoms with Crippen LogP contribution < -0.4 is 0 Å². The molecule has 0 bridgehead atoms. The first kappa shape index (κ1) is 12.9. The number of aliphatic hydroxyl groups excluding tert-OH is 1. The highest BCUT2D eigenvalue weighted by Crippen LogP contribution is 2.23. The fourth-order valence-electron chi connectivity index (χ4n) is 1.27. The minimum absolute atomic E-state index is 0.200. The van der Waals surface area contributed by atoms with Crippen LogP contribution >= 0.6 is 23.4 Å². The van der Waals surface area contributed by atoms with Gasteiger partial charge in [0.1, 0.15) is 0 Å². The summed E-state index contributed by atoms with van der Waals surface area (Å²) in [6.45, 7) is 2.14. The van der Waals surface area contributed by atoms with Crippen LogP contribution in [0.5, 0.6) is 0 Å². The Labute approximate surface area is 101 Å². The Morgan fingerprint density at radius 2 is 2.27 bits per heavy atom. The number of hydrogen-bond donors (Lipinski definition) is 1. The van der Waals surface area contributed by atoms with Gasteiger partial charge in [0.25, 0.3) is 0 Å². The van der Waals surface area contributed by atoms with Gasteiger partial charge in [0.2, 0.25) is 0 Å². The fraction of sp³-hybridized carbons (Fsp3) is 0.500. The highest BCUT2D eigenvalue weighted by Gasteiger charge is 2.04. The van der Waals surface area contributed by atoms with Crippen molar-refractivity contribution in [1.29, 1.82) is 0 Å². The van der Waals surface area contributed by atoms with E-state index in [1.807, 2.05) is 24.3 Å². The van der Waals surface area contributed by atoms with Gasteiger partial charge >= 0.3 is 0 Å². The van der Waals surface area contributed by atoms with Crippen LogP contribution in [0.15, 0.2) is 29.2 Å². The summed E-state index contributed by atoms with van der Waals surface area (Å²) in [6.07, 6.45) is 2.93. The van der Waals surface area contributed by atoms with Crippen molar-refractivity contribution in [2.24, 2.45) is 0 Å². The second kappa shape index (κ2) is 7.15. The van der Waals surface area contributed by atoms with E-state index < -0.39 is 0 Å². The molecular formula is C12H17ClOS. The van der Waals surface area contributed by atoms with Gasteiger partial charge in [0.15, 0.2) is 0 Å². The lowest BCUT2D eigenvalue weighted by molar-refractivity contribution is 0.186. The van der Waals surface area contributed by atoms with Crippen LogP contribution in [-0.4, -0.2) is 17.0 Å². The third-order valence-electron chi connectivity index (χ3n) is 2.13. The van der Waals surface area contributed by atoms with Crippen molar-refractivity contribution >= 4 is 23.4 Å². The summed E-state index contributed by atoms with van der Waals surface area (Å²) in [5.41, 5.74) is 0. The lowest BCUT2D eigenvalue weighted by Gasteiger charge is -2.09. The zero-order valence-corrected chi connectivity index (χ0v) is 10.5. The fourth-order valence-corrected chi connectivity index (χ4v) is 2.46. The Morgan fingerprint density at radius 3 is 2.93 bits per heavy atom. The maximum Gasteiger partial charge on any atom is 0.0634 e. The zero-order valence-electron chi connectivity index (χ0n) is 8.95. The molecule has 0 heterocycles. The second-order valence-corrected chi connectivity index (χ2v) is 5.09. The zero-order chi connectivity index (χ0) is 11.1. The van der Waals surface area contributed by atoms with E-state index in [1.165, 1.54) is 0 Å². The largest absolute Gasteiger partial charge is 0.392 e. The lowest BCUT2D eigenvalue weighted by Crippen LogP contribution is -2.09. The normalized spacial score (nSPS) is 12.7. The molecule has 0 saturated heterocycles. The van der Waals surface area contributed by atoms with Crippen molar-refractivity contribution in [2.45, 2.75) is 37.2 Å². The summed E-state index contributed by atoms with van der Waals surface area (Å²) in [6, 6.07) is 7.74. The summed E-state index contributed by atoms with van der Waals surface area (Å²) < 4.78 is 0. The smallest absolute Gasteiger partial charge is 0.0634 e. The average molecular weight is 245 g/mol. The molecule has 1 unspecified atom stereocenters. The van der Waals surface area contributed by atoms with E-state index in [0.717, 1.165) is 34.9 Å². The summed E-state index contributed by atoms with van der Waals surface area (Å²) in [5, 5.41) is 10.4. The first-order valence-electron chi connectivity index (χ1n) is 5.28. The van der Waals surface area contributed by atoms with E-state index in [4.69, 9.17) is 11.6 Å². The van der Waals surface area contributed by atoms with Crippen molar-refractivity contribution < 1.29 is 5.11 Å². The molecule has 0 saturated carbocycles. The molecule has 1 aromatic carbocycles. The Balaban J connectivity index is 2.30. The topological polar surface area (TPSA) is 20.2 Å². The van der Waals surface area contributed by atoms with E-state index in [-0.39, 0.29) is 6.10 Å². The van der Waals surface area contributed by atoms with Gasteiger partial charge in [-0.25, -0.2) is 0 Å². The first-order chi connectivity index (χ1) is 7.22. The quantitative estimate of drug-likeness (QED) is 0.764. The maximum absolute atomic E-state index is 9.66. The number of thioether (sulfide) groups is 1. The van der Waals surface area contributed by atoms with Crippen molar-refractivity contribution in [3.05, 3.63) is 29.3 Å². The van der Waals surface area contributed by atoms with Crippen LogP contribution in [0.25, 0.3) is 0 Å². The highest BCUT2D eigenvalue weighted by atomic mass is 35.5. The predicted octanol–water partition coefficient (Wildman–Crippen LogP) is 3.98. The molecule has 1 aromatic rings. The molecule has 15 heavy (non-hydrogen) atoms. The second-order valence-electron chi connectivity index (χ2n) is 3.56. The monoisotopic (exact) mass is 244 g/mol. The van der Waals surface area contributed by atoms with E-state index >= 15 is 0 Å². The molecule has 0 aromatic heterocycles. The SMILES string of the molecule is CCCCC(O)CSc1cccc(Cl)c1. The minimum Gasteiger partial charge on any atom is -0.392 e. The van der Waals surface area contributed by atoms with Gasteiger partial charge in [0, 0.05) is 15.7 Å². The average Bonchev–Trinajstić information content (AvgIpc) is 2.23. The number of benzene rings is 1. The third-order valence-corrected chi connectivity index (χ3v) is 3.50. The molecule has 1 nitrogen and oxygen atoms in total. The Bertz CT molecular complexity index is 291. The highest BCUT2D eigenvalue weighted by molar-refractivity contribution is 7.99. The summed E-state index contributed by atoms with van der Waals surface area (Å²) in [7, 11) is 0. The van der Waals surface area contributed by atoms with E-state index in [1.54, 1.807) is 11.8 Å². The molecule has 3 heteroatoms. The molecule has 0 aliphatic carbocycles. The molecule has 1 rings (SSSR count). The Hall–Kier alpha value is -0.180. The van der Waals surface area contributed by atoms with Gasteiger partial charge < -0.3 is 5.11 Å². The number of unbranched alkanes of at least 4 members (excludes halogenated alkanes) is 1. The first-order valence-corrected chi connectivity index (χ1v) is 6.65. The van der Waals surface area contributed by atoms with Gasteiger partial charge in [-0.15, -0.1) is 11.8 Å². The third kappa shape index (κ3) is 5.45. The molecule has 0 aliphatic rings. The minimum atomic E-state index is -0.200. The van der Waals surface area contributed by atoms with Gasteiger partial charge in [-0.05, 0) is 24.6 Å². The number of halogens is 1. The molecule has 1 atom stereocenters. The number of rotatable bonds is 6.